The third-order valence-electron chi connectivity index (χ3n) is 2.70. The third kappa shape index (κ3) is 4.62. The summed E-state index contributed by atoms with van der Waals surface area (Å²) in [6.45, 7) is 5.38. The van der Waals surface area contributed by atoms with Gasteiger partial charge in [0.15, 0.2) is 9.84 Å². The predicted molar refractivity (Wildman–Crippen MR) is 79.1 cm³/mol. The van der Waals surface area contributed by atoms with E-state index < -0.39 is 14.2 Å². The van der Waals surface area contributed by atoms with Crippen molar-refractivity contribution in [1.82, 2.24) is 5.32 Å². The highest BCUT2D eigenvalue weighted by Gasteiger charge is 2.25. The normalized spacial score (nSPS) is 13.9. The Bertz CT molecular complexity index is 559. The van der Waals surface area contributed by atoms with E-state index in [0.717, 1.165) is 5.56 Å². The molecule has 0 aromatic heterocycles. The largest absolute Gasteiger partial charge is 0.348 e. The summed E-state index contributed by atoms with van der Waals surface area (Å²) in [6, 6.07) is 6.34. The van der Waals surface area contributed by atoms with Crippen LogP contribution in [0.2, 0.25) is 0 Å². The van der Waals surface area contributed by atoms with Crippen molar-refractivity contribution in [3.63, 3.8) is 0 Å². The van der Waals surface area contributed by atoms with E-state index >= 15 is 0 Å². The minimum absolute atomic E-state index is 0.118. The number of hydrogen-bond acceptors (Lipinski definition) is 3. The molecule has 0 heterocycles. The van der Waals surface area contributed by atoms with Crippen molar-refractivity contribution >= 4 is 31.7 Å². The highest BCUT2D eigenvalue weighted by Crippen LogP contribution is 2.20. The number of halogens is 1. The Labute approximate surface area is 122 Å². The average molecular weight is 348 g/mol. The Morgan fingerprint density at radius 2 is 1.74 bits per heavy atom. The number of sulfone groups is 1. The van der Waals surface area contributed by atoms with Gasteiger partial charge in [0.2, 0.25) is 5.91 Å². The molecule has 1 amide bonds. The molecule has 0 bridgehead atoms. The maximum absolute atomic E-state index is 11.8. The zero-order chi connectivity index (χ0) is 14.8. The second-order valence-electron chi connectivity index (χ2n) is 5.01. The number of rotatable bonds is 4. The molecule has 0 aliphatic rings. The van der Waals surface area contributed by atoms with Crippen molar-refractivity contribution < 1.29 is 13.2 Å². The van der Waals surface area contributed by atoms with Gasteiger partial charge in [-0.3, -0.25) is 4.79 Å². The minimum atomic E-state index is -3.19. The molecule has 106 valence electrons. The van der Waals surface area contributed by atoms with Crippen LogP contribution >= 0.6 is 15.9 Å². The van der Waals surface area contributed by atoms with Crippen LogP contribution in [-0.4, -0.2) is 24.9 Å². The molecule has 0 saturated heterocycles. The summed E-state index contributed by atoms with van der Waals surface area (Å²) in [5.74, 6) is -0.118. The highest BCUT2D eigenvalue weighted by atomic mass is 79.9. The molecule has 1 rings (SSSR count). The zero-order valence-electron chi connectivity index (χ0n) is 11.4. The molecule has 0 radical (unpaired) electrons. The van der Waals surface area contributed by atoms with Gasteiger partial charge in [-0.2, -0.15) is 0 Å². The van der Waals surface area contributed by atoms with Gasteiger partial charge in [0.25, 0.3) is 0 Å². The number of alkyl halides is 1. The van der Waals surface area contributed by atoms with E-state index in [-0.39, 0.29) is 16.8 Å². The molecule has 0 fully saturated rings. The van der Waals surface area contributed by atoms with E-state index in [0.29, 0.717) is 0 Å². The summed E-state index contributed by atoms with van der Waals surface area (Å²) in [5, 5.41) is 2.86. The molecular weight excluding hydrogens is 330 g/mol. The molecule has 0 aliphatic heterocycles. The van der Waals surface area contributed by atoms with Crippen LogP contribution in [0, 0.1) is 0 Å². The first kappa shape index (κ1) is 16.2. The molecule has 0 aliphatic carbocycles. The second-order valence-corrected chi connectivity index (χ2v) is 9.01. The maximum atomic E-state index is 11.8. The molecule has 0 spiro atoms. The molecule has 0 saturated carbocycles. The zero-order valence-corrected chi connectivity index (χ0v) is 13.8. The first-order chi connectivity index (χ1) is 8.51. The van der Waals surface area contributed by atoms with Crippen molar-refractivity contribution in [2.45, 2.75) is 36.0 Å². The number of amides is 1. The Balaban J connectivity index is 2.85. The lowest BCUT2D eigenvalue weighted by molar-refractivity contribution is -0.123. The SMILES string of the molecule is CC(NC(=O)C(C)(C)Br)c1ccc(S(C)(=O)=O)cc1. The van der Waals surface area contributed by atoms with Crippen LogP contribution in [-0.2, 0) is 14.6 Å². The third-order valence-corrected chi connectivity index (χ3v) is 4.18. The van der Waals surface area contributed by atoms with Gasteiger partial charge >= 0.3 is 0 Å². The van der Waals surface area contributed by atoms with E-state index in [4.69, 9.17) is 0 Å². The summed E-state index contributed by atoms with van der Waals surface area (Å²) in [7, 11) is -3.19. The lowest BCUT2D eigenvalue weighted by Crippen LogP contribution is -2.38. The fourth-order valence-electron chi connectivity index (χ4n) is 1.46. The van der Waals surface area contributed by atoms with Gasteiger partial charge in [-0.05, 0) is 38.5 Å². The highest BCUT2D eigenvalue weighted by molar-refractivity contribution is 9.10. The lowest BCUT2D eigenvalue weighted by atomic mass is 10.1. The van der Waals surface area contributed by atoms with Gasteiger partial charge in [-0.15, -0.1) is 0 Å². The lowest BCUT2D eigenvalue weighted by Gasteiger charge is -2.21. The fraction of sp³-hybridized carbons (Fsp3) is 0.462. The van der Waals surface area contributed by atoms with Crippen molar-refractivity contribution in [3.05, 3.63) is 29.8 Å². The van der Waals surface area contributed by atoms with Gasteiger partial charge in [0.1, 0.15) is 0 Å². The Hall–Kier alpha value is -0.880. The molecule has 1 atom stereocenters. The number of carbonyl (C=O) groups excluding carboxylic acids is 1. The first-order valence-corrected chi connectivity index (χ1v) is 8.50. The molecule has 1 aromatic rings. The van der Waals surface area contributed by atoms with Crippen LogP contribution in [0.4, 0.5) is 0 Å². The van der Waals surface area contributed by atoms with E-state index in [9.17, 15) is 13.2 Å². The van der Waals surface area contributed by atoms with E-state index in [1.54, 1.807) is 38.1 Å². The summed E-state index contributed by atoms with van der Waals surface area (Å²) >= 11 is 3.29. The topological polar surface area (TPSA) is 63.2 Å². The number of hydrogen-bond donors (Lipinski definition) is 1. The van der Waals surface area contributed by atoms with Crippen molar-refractivity contribution in [3.8, 4) is 0 Å². The van der Waals surface area contributed by atoms with Crippen molar-refractivity contribution in [1.29, 1.82) is 0 Å². The Morgan fingerprint density at radius 1 is 1.26 bits per heavy atom. The molecule has 19 heavy (non-hydrogen) atoms. The van der Waals surface area contributed by atoms with Gasteiger partial charge in [-0.25, -0.2) is 8.42 Å². The summed E-state index contributed by atoms with van der Waals surface area (Å²) in [5.41, 5.74) is 0.859. The summed E-state index contributed by atoms with van der Waals surface area (Å²) in [4.78, 5) is 12.1. The molecule has 4 nitrogen and oxygen atoms in total. The predicted octanol–water partition coefficient (Wildman–Crippen LogP) is 2.44. The van der Waals surface area contributed by atoms with Crippen molar-refractivity contribution in [2.24, 2.45) is 0 Å². The van der Waals surface area contributed by atoms with Crippen molar-refractivity contribution in [2.75, 3.05) is 6.26 Å². The Kier molecular flexibility index (Phi) is 4.79. The molecule has 1 unspecified atom stereocenters. The first-order valence-electron chi connectivity index (χ1n) is 5.81. The molecule has 1 N–H and O–H groups in total. The van der Waals surface area contributed by atoms with E-state index in [2.05, 4.69) is 21.2 Å². The number of nitrogens with one attached hydrogen (secondary N) is 1. The van der Waals surface area contributed by atoms with Crippen LogP contribution in [0.25, 0.3) is 0 Å². The van der Waals surface area contributed by atoms with Gasteiger partial charge in [0.05, 0.1) is 15.3 Å². The Morgan fingerprint density at radius 3 is 2.11 bits per heavy atom. The standard InChI is InChI=1S/C13H18BrNO3S/c1-9(15-12(16)13(2,3)14)10-5-7-11(8-6-10)19(4,17)18/h5-9H,1-4H3,(H,15,16). The monoisotopic (exact) mass is 347 g/mol. The van der Waals surface area contributed by atoms with E-state index in [1.165, 1.54) is 6.26 Å². The van der Waals surface area contributed by atoms with Crippen LogP contribution in [0.1, 0.15) is 32.4 Å². The second kappa shape index (κ2) is 5.63. The molecule has 1 aromatic carbocycles. The quantitative estimate of drug-likeness (QED) is 0.850. The van der Waals surface area contributed by atoms with Crippen LogP contribution in [0.15, 0.2) is 29.2 Å². The summed E-state index contributed by atoms with van der Waals surface area (Å²) in [6.07, 6.45) is 1.17. The van der Waals surface area contributed by atoms with Crippen LogP contribution in [0.5, 0.6) is 0 Å². The number of benzene rings is 1. The molecule has 6 heteroatoms. The van der Waals surface area contributed by atoms with Crippen LogP contribution < -0.4 is 5.32 Å². The minimum Gasteiger partial charge on any atom is -0.348 e. The van der Waals surface area contributed by atoms with Gasteiger partial charge in [-0.1, -0.05) is 28.1 Å². The average Bonchev–Trinajstić information content (AvgIpc) is 2.26. The summed E-state index contributed by atoms with van der Waals surface area (Å²) < 4.78 is 22.1. The maximum Gasteiger partial charge on any atom is 0.236 e. The smallest absolute Gasteiger partial charge is 0.236 e. The number of carbonyl (C=O) groups is 1. The van der Waals surface area contributed by atoms with Gasteiger partial charge < -0.3 is 5.32 Å². The van der Waals surface area contributed by atoms with E-state index in [1.807, 2.05) is 6.92 Å². The fourth-order valence-corrected chi connectivity index (χ4v) is 2.20. The van der Waals surface area contributed by atoms with Gasteiger partial charge in [0, 0.05) is 6.26 Å². The van der Waals surface area contributed by atoms with Crippen LogP contribution in [0.3, 0.4) is 0 Å². The molecular formula is C13H18BrNO3S.